The Labute approximate surface area is 149 Å². The van der Waals surface area contributed by atoms with Crippen LogP contribution in [0.5, 0.6) is 0 Å². The van der Waals surface area contributed by atoms with Gasteiger partial charge in [-0.05, 0) is 18.8 Å². The van der Waals surface area contributed by atoms with Gasteiger partial charge in [0.05, 0.1) is 5.69 Å². The number of sulfonamides is 1. The summed E-state index contributed by atoms with van der Waals surface area (Å²) in [5.41, 5.74) is 0.755. The van der Waals surface area contributed by atoms with Gasteiger partial charge in [-0.25, -0.2) is 8.42 Å². The van der Waals surface area contributed by atoms with E-state index in [4.69, 9.17) is 4.52 Å². The molecule has 8 nitrogen and oxygen atoms in total. The van der Waals surface area contributed by atoms with E-state index in [2.05, 4.69) is 34.2 Å². The van der Waals surface area contributed by atoms with Crippen LogP contribution in [0.1, 0.15) is 32.9 Å². The van der Waals surface area contributed by atoms with Crippen molar-refractivity contribution in [1.82, 2.24) is 19.7 Å². The van der Waals surface area contributed by atoms with Crippen molar-refractivity contribution >= 4 is 16.0 Å². The molecule has 1 saturated heterocycles. The number of aliphatic imine (C=N–C) groups is 1. The van der Waals surface area contributed by atoms with E-state index in [-0.39, 0.29) is 5.75 Å². The Morgan fingerprint density at radius 2 is 2.08 bits per heavy atom. The number of aromatic nitrogens is 1. The number of piperazine rings is 1. The van der Waals surface area contributed by atoms with Crippen LogP contribution in [0, 0.1) is 5.41 Å². The number of nitrogens with zero attached hydrogens (tertiary/aromatic N) is 4. The molecule has 1 saturated carbocycles. The van der Waals surface area contributed by atoms with Crippen LogP contribution in [0.2, 0.25) is 0 Å². The number of nitrogens with one attached hydrogen (secondary N) is 1. The van der Waals surface area contributed by atoms with E-state index in [1.165, 1.54) is 10.6 Å². The van der Waals surface area contributed by atoms with Crippen LogP contribution in [-0.4, -0.2) is 67.5 Å². The summed E-state index contributed by atoms with van der Waals surface area (Å²) in [6, 6.07) is 2.04. The Balaban J connectivity index is 1.57. The summed E-state index contributed by atoms with van der Waals surface area (Å²) in [5.74, 6) is 0.778. The first-order chi connectivity index (χ1) is 11.8. The molecule has 25 heavy (non-hydrogen) atoms. The standard InChI is InChI=1S/C16H27N5O3S/c1-4-17-15(18-14-11-16(14,2)3)20-6-8-21(9-7-20)25(22,23)12-13-5-10-24-19-13/h5,10,14H,4,6-9,11-12H2,1-3H3,(H,17,18). The molecule has 0 radical (unpaired) electrons. The van der Waals surface area contributed by atoms with Gasteiger partial charge in [-0.1, -0.05) is 19.0 Å². The molecule has 1 aromatic rings. The normalized spacial score (nSPS) is 24.4. The first-order valence-corrected chi connectivity index (χ1v) is 10.4. The van der Waals surface area contributed by atoms with Gasteiger partial charge in [0.15, 0.2) is 5.96 Å². The maximum atomic E-state index is 12.5. The zero-order valence-electron chi connectivity index (χ0n) is 15.1. The lowest BCUT2D eigenvalue weighted by atomic mass is 10.2. The Morgan fingerprint density at radius 3 is 2.60 bits per heavy atom. The molecule has 1 aromatic heterocycles. The Bertz CT molecular complexity index is 706. The van der Waals surface area contributed by atoms with Crippen molar-refractivity contribution < 1.29 is 12.9 Å². The van der Waals surface area contributed by atoms with Crippen LogP contribution in [-0.2, 0) is 15.8 Å². The maximum Gasteiger partial charge on any atom is 0.220 e. The third-order valence-electron chi connectivity index (χ3n) is 4.88. The first kappa shape index (κ1) is 18.2. The fourth-order valence-corrected chi connectivity index (χ4v) is 4.45. The maximum absolute atomic E-state index is 12.5. The van der Waals surface area contributed by atoms with Gasteiger partial charge in [-0.15, -0.1) is 0 Å². The van der Waals surface area contributed by atoms with E-state index in [1.807, 2.05) is 6.92 Å². The average Bonchev–Trinajstić information content (AvgIpc) is 2.94. The molecule has 2 fully saturated rings. The van der Waals surface area contributed by atoms with E-state index in [0.717, 1.165) is 12.4 Å². The molecule has 0 amide bonds. The Kier molecular flexibility index (Phi) is 5.06. The van der Waals surface area contributed by atoms with Crippen molar-refractivity contribution in [3.05, 3.63) is 18.0 Å². The highest BCUT2D eigenvalue weighted by Gasteiger charge is 2.46. The van der Waals surface area contributed by atoms with Crippen LogP contribution in [0.15, 0.2) is 21.8 Å². The lowest BCUT2D eigenvalue weighted by Gasteiger charge is -2.36. The zero-order valence-corrected chi connectivity index (χ0v) is 15.9. The second-order valence-electron chi connectivity index (χ2n) is 7.32. The van der Waals surface area contributed by atoms with E-state index in [0.29, 0.717) is 49.9 Å². The van der Waals surface area contributed by atoms with Crippen molar-refractivity contribution in [3.8, 4) is 0 Å². The highest BCUT2D eigenvalue weighted by atomic mass is 32.2. The van der Waals surface area contributed by atoms with Crippen LogP contribution in [0.3, 0.4) is 0 Å². The van der Waals surface area contributed by atoms with E-state index in [1.54, 1.807) is 6.07 Å². The van der Waals surface area contributed by atoms with E-state index >= 15 is 0 Å². The molecule has 1 aliphatic heterocycles. The number of guanidine groups is 1. The van der Waals surface area contributed by atoms with Crippen LogP contribution in [0.4, 0.5) is 0 Å². The highest BCUT2D eigenvalue weighted by molar-refractivity contribution is 7.88. The second kappa shape index (κ2) is 6.95. The van der Waals surface area contributed by atoms with Crippen molar-refractivity contribution in [1.29, 1.82) is 0 Å². The molecule has 0 aromatic carbocycles. The van der Waals surface area contributed by atoms with Crippen molar-refractivity contribution in [3.63, 3.8) is 0 Å². The topological polar surface area (TPSA) is 91.0 Å². The third kappa shape index (κ3) is 4.33. The number of hydrogen-bond acceptors (Lipinski definition) is 5. The highest BCUT2D eigenvalue weighted by Crippen LogP contribution is 2.44. The fourth-order valence-electron chi connectivity index (χ4n) is 3.02. The van der Waals surface area contributed by atoms with Crippen LogP contribution >= 0.6 is 0 Å². The number of rotatable bonds is 5. The fraction of sp³-hybridized carbons (Fsp3) is 0.750. The molecule has 1 N–H and O–H groups in total. The third-order valence-corrected chi connectivity index (χ3v) is 6.69. The minimum Gasteiger partial charge on any atom is -0.364 e. The smallest absolute Gasteiger partial charge is 0.220 e. The van der Waals surface area contributed by atoms with Crippen molar-refractivity contribution in [2.75, 3.05) is 32.7 Å². The molecule has 1 unspecified atom stereocenters. The van der Waals surface area contributed by atoms with Gasteiger partial charge in [0.2, 0.25) is 10.0 Å². The summed E-state index contributed by atoms with van der Waals surface area (Å²) in [7, 11) is -3.37. The first-order valence-electron chi connectivity index (χ1n) is 8.75. The average molecular weight is 369 g/mol. The lowest BCUT2D eigenvalue weighted by molar-refractivity contribution is 0.259. The minimum atomic E-state index is -3.37. The molecule has 140 valence electrons. The van der Waals surface area contributed by atoms with Gasteiger partial charge >= 0.3 is 0 Å². The van der Waals surface area contributed by atoms with Crippen LogP contribution < -0.4 is 5.32 Å². The predicted molar refractivity (Wildman–Crippen MR) is 95.6 cm³/mol. The molecule has 2 aliphatic rings. The summed E-state index contributed by atoms with van der Waals surface area (Å²) in [5, 5.41) is 7.22. The minimum absolute atomic E-state index is 0.117. The summed E-state index contributed by atoms with van der Waals surface area (Å²) in [6.45, 7) is 9.38. The lowest BCUT2D eigenvalue weighted by Crippen LogP contribution is -2.54. The molecule has 1 atom stereocenters. The summed E-state index contributed by atoms with van der Waals surface area (Å²) >= 11 is 0. The molecular weight excluding hydrogens is 342 g/mol. The number of hydrogen-bond donors (Lipinski definition) is 1. The Morgan fingerprint density at radius 1 is 1.40 bits per heavy atom. The van der Waals surface area contributed by atoms with Gasteiger partial charge in [-0.2, -0.15) is 4.31 Å². The molecule has 3 rings (SSSR count). The van der Waals surface area contributed by atoms with E-state index in [9.17, 15) is 8.42 Å². The zero-order chi connectivity index (χ0) is 18.1. The molecule has 2 heterocycles. The largest absolute Gasteiger partial charge is 0.364 e. The van der Waals surface area contributed by atoms with Gasteiger partial charge in [0, 0.05) is 44.8 Å². The van der Waals surface area contributed by atoms with Gasteiger partial charge < -0.3 is 14.7 Å². The Hall–Kier alpha value is -1.61. The van der Waals surface area contributed by atoms with Crippen molar-refractivity contribution in [2.24, 2.45) is 10.4 Å². The summed E-state index contributed by atoms with van der Waals surface area (Å²) in [6.07, 6.45) is 2.53. The molecule has 0 bridgehead atoms. The second-order valence-corrected chi connectivity index (χ2v) is 9.29. The van der Waals surface area contributed by atoms with Gasteiger partial charge in [0.25, 0.3) is 0 Å². The quantitative estimate of drug-likeness (QED) is 0.612. The summed E-state index contributed by atoms with van der Waals surface area (Å²) < 4.78 is 31.3. The molecular formula is C16H27N5O3S. The van der Waals surface area contributed by atoms with Gasteiger partial charge in [-0.3, -0.25) is 4.99 Å². The molecule has 1 aliphatic carbocycles. The predicted octanol–water partition coefficient (Wildman–Crippen LogP) is 0.886. The SMILES string of the molecule is CCN=C(NC1CC1(C)C)N1CCN(S(=O)(=O)Cc2ccon2)CC1. The van der Waals surface area contributed by atoms with Gasteiger partial charge in [0.1, 0.15) is 12.0 Å². The molecule has 9 heteroatoms. The van der Waals surface area contributed by atoms with Crippen LogP contribution in [0.25, 0.3) is 0 Å². The summed E-state index contributed by atoms with van der Waals surface area (Å²) in [4.78, 5) is 6.74. The molecule has 0 spiro atoms. The monoisotopic (exact) mass is 369 g/mol. The van der Waals surface area contributed by atoms with Crippen molar-refractivity contribution in [2.45, 2.75) is 39.0 Å². The van der Waals surface area contributed by atoms with E-state index < -0.39 is 10.0 Å².